The van der Waals surface area contributed by atoms with Crippen molar-refractivity contribution in [2.75, 3.05) is 6.54 Å². The first-order valence-electron chi connectivity index (χ1n) is 3.14. The van der Waals surface area contributed by atoms with Gasteiger partial charge in [0.05, 0.1) is 12.7 Å². The Kier molecular flexibility index (Phi) is 1.95. The Morgan fingerprint density at radius 2 is 2.44 bits per heavy atom. The van der Waals surface area contributed by atoms with Crippen molar-refractivity contribution >= 4 is 0 Å². The highest BCUT2D eigenvalue weighted by Gasteiger charge is 2.07. The van der Waals surface area contributed by atoms with Gasteiger partial charge < -0.3 is 4.84 Å². The van der Waals surface area contributed by atoms with Crippen LogP contribution in [0.2, 0.25) is 0 Å². The van der Waals surface area contributed by atoms with Crippen LogP contribution in [0.4, 0.5) is 0 Å². The average molecular weight is 128 g/mol. The molecule has 0 aromatic carbocycles. The van der Waals surface area contributed by atoms with Gasteiger partial charge in [0.15, 0.2) is 0 Å². The second kappa shape index (κ2) is 2.73. The molecule has 3 nitrogen and oxygen atoms in total. The number of nitrogens with one attached hydrogen (secondary N) is 1. The third-order valence-corrected chi connectivity index (χ3v) is 1.01. The van der Waals surface area contributed by atoms with E-state index in [0.29, 0.717) is 5.92 Å². The number of hydrogen-bond donors (Lipinski definition) is 1. The van der Waals surface area contributed by atoms with E-state index in [1.165, 1.54) is 0 Å². The molecule has 0 saturated heterocycles. The van der Waals surface area contributed by atoms with Crippen LogP contribution in [0.15, 0.2) is 12.5 Å². The van der Waals surface area contributed by atoms with Crippen molar-refractivity contribution in [2.24, 2.45) is 5.92 Å². The van der Waals surface area contributed by atoms with Gasteiger partial charge in [-0.1, -0.05) is 19.0 Å². The van der Waals surface area contributed by atoms with Crippen molar-refractivity contribution in [1.82, 2.24) is 10.6 Å². The van der Waals surface area contributed by atoms with Crippen LogP contribution in [0.3, 0.4) is 0 Å². The fourth-order valence-electron chi connectivity index (χ4n) is 0.675. The largest absolute Gasteiger partial charge is 0.393 e. The molecule has 0 atom stereocenters. The van der Waals surface area contributed by atoms with Crippen LogP contribution in [0.5, 0.6) is 0 Å². The molecule has 0 aromatic heterocycles. The summed E-state index contributed by atoms with van der Waals surface area (Å²) in [5.74, 6) is 0.623. The minimum absolute atomic E-state index is 0.623. The predicted octanol–water partition coefficient (Wildman–Crippen LogP) is 0.865. The first kappa shape index (κ1) is 6.42. The van der Waals surface area contributed by atoms with Gasteiger partial charge in [-0.2, -0.15) is 0 Å². The Morgan fingerprint density at radius 3 is 2.89 bits per heavy atom. The zero-order chi connectivity index (χ0) is 6.69. The Labute approximate surface area is 55.2 Å². The molecule has 0 aliphatic carbocycles. The lowest BCUT2D eigenvalue weighted by Crippen LogP contribution is -2.31. The van der Waals surface area contributed by atoms with Gasteiger partial charge in [0.25, 0.3) is 0 Å². The van der Waals surface area contributed by atoms with E-state index < -0.39 is 0 Å². The summed E-state index contributed by atoms with van der Waals surface area (Å²) in [6, 6.07) is 0. The molecule has 1 heterocycles. The molecule has 0 fully saturated rings. The van der Waals surface area contributed by atoms with Crippen LogP contribution < -0.4 is 5.43 Å². The second-order valence-corrected chi connectivity index (χ2v) is 2.49. The Bertz CT molecular complexity index is 104. The molecular formula is C6H12N2O. The number of hydrogen-bond acceptors (Lipinski definition) is 3. The molecule has 1 N–H and O–H groups in total. The molecule has 0 aromatic rings. The highest BCUT2D eigenvalue weighted by molar-refractivity contribution is 4.72. The fraction of sp³-hybridized carbons (Fsp3) is 0.667. The topological polar surface area (TPSA) is 24.5 Å². The lowest BCUT2D eigenvalue weighted by atomic mass is 10.2. The summed E-state index contributed by atoms with van der Waals surface area (Å²) < 4.78 is 0. The van der Waals surface area contributed by atoms with Gasteiger partial charge in [0.1, 0.15) is 6.26 Å². The van der Waals surface area contributed by atoms with E-state index >= 15 is 0 Å². The molecule has 0 amide bonds. The van der Waals surface area contributed by atoms with E-state index in [1.807, 2.05) is 0 Å². The van der Waals surface area contributed by atoms with Gasteiger partial charge in [-0.05, 0) is 5.92 Å². The summed E-state index contributed by atoms with van der Waals surface area (Å²) >= 11 is 0. The Morgan fingerprint density at radius 1 is 1.67 bits per heavy atom. The van der Waals surface area contributed by atoms with Crippen LogP contribution in [0.1, 0.15) is 13.8 Å². The van der Waals surface area contributed by atoms with Crippen LogP contribution in [-0.2, 0) is 4.84 Å². The van der Waals surface area contributed by atoms with Gasteiger partial charge in [0.2, 0.25) is 0 Å². The number of hydrazine groups is 1. The van der Waals surface area contributed by atoms with E-state index in [0.717, 1.165) is 6.54 Å². The summed E-state index contributed by atoms with van der Waals surface area (Å²) in [6.45, 7) is 5.19. The van der Waals surface area contributed by atoms with Crippen molar-refractivity contribution in [3.05, 3.63) is 12.5 Å². The molecule has 1 aliphatic heterocycles. The smallest absolute Gasteiger partial charge is 0.131 e. The lowest BCUT2D eigenvalue weighted by molar-refractivity contribution is -0.120. The van der Waals surface area contributed by atoms with E-state index in [4.69, 9.17) is 4.84 Å². The predicted molar refractivity (Wildman–Crippen MR) is 34.9 cm³/mol. The molecule has 52 valence electrons. The standard InChI is InChI=1S/C6H12N2O/c1-6(2)5-8-7-3-4-9-8/h3-4,6-7H,5H2,1-2H3. The molecule has 9 heavy (non-hydrogen) atoms. The van der Waals surface area contributed by atoms with Crippen molar-refractivity contribution in [1.29, 1.82) is 0 Å². The molecule has 0 radical (unpaired) electrons. The molecule has 1 aliphatic rings. The third-order valence-electron chi connectivity index (χ3n) is 1.01. The van der Waals surface area contributed by atoms with E-state index in [-0.39, 0.29) is 0 Å². The van der Waals surface area contributed by atoms with Gasteiger partial charge in [-0.15, -0.1) is 0 Å². The van der Waals surface area contributed by atoms with Crippen molar-refractivity contribution in [3.63, 3.8) is 0 Å². The van der Waals surface area contributed by atoms with Gasteiger partial charge >= 0.3 is 0 Å². The molecule has 0 unspecified atom stereocenters. The maximum atomic E-state index is 5.01. The molecule has 0 saturated carbocycles. The zero-order valence-corrected chi connectivity index (χ0v) is 5.79. The minimum atomic E-state index is 0.623. The third kappa shape index (κ3) is 1.93. The molecular weight excluding hydrogens is 116 g/mol. The fourth-order valence-corrected chi connectivity index (χ4v) is 0.675. The van der Waals surface area contributed by atoms with Crippen LogP contribution in [0.25, 0.3) is 0 Å². The summed E-state index contributed by atoms with van der Waals surface area (Å²) in [6.07, 6.45) is 3.39. The molecule has 0 bridgehead atoms. The van der Waals surface area contributed by atoms with Gasteiger partial charge in [0, 0.05) is 0 Å². The summed E-state index contributed by atoms with van der Waals surface area (Å²) in [4.78, 5) is 5.01. The summed E-state index contributed by atoms with van der Waals surface area (Å²) in [5, 5.41) is 1.70. The normalized spacial score (nSPS) is 18.1. The van der Waals surface area contributed by atoms with Crippen LogP contribution in [-0.4, -0.2) is 11.7 Å². The number of nitrogens with zero attached hydrogens (tertiary/aromatic N) is 1. The quantitative estimate of drug-likeness (QED) is 0.597. The maximum Gasteiger partial charge on any atom is 0.131 e. The minimum Gasteiger partial charge on any atom is -0.393 e. The highest BCUT2D eigenvalue weighted by Crippen LogP contribution is 1.99. The first-order valence-corrected chi connectivity index (χ1v) is 3.14. The van der Waals surface area contributed by atoms with Crippen molar-refractivity contribution < 1.29 is 4.84 Å². The van der Waals surface area contributed by atoms with Crippen LogP contribution >= 0.6 is 0 Å². The number of hydroxylamine groups is 1. The molecule has 1 rings (SSSR count). The molecule has 3 heteroatoms. The average Bonchev–Trinajstić information content (AvgIpc) is 2.15. The summed E-state index contributed by atoms with van der Waals surface area (Å²) in [7, 11) is 0. The van der Waals surface area contributed by atoms with E-state index in [2.05, 4.69) is 19.3 Å². The summed E-state index contributed by atoms with van der Waals surface area (Å²) in [5.41, 5.74) is 2.92. The number of rotatable bonds is 2. The second-order valence-electron chi connectivity index (χ2n) is 2.49. The van der Waals surface area contributed by atoms with Crippen LogP contribution in [0, 0.1) is 5.92 Å². The zero-order valence-electron chi connectivity index (χ0n) is 5.79. The maximum absolute atomic E-state index is 5.01. The van der Waals surface area contributed by atoms with Gasteiger partial charge in [-0.25, -0.2) is 0 Å². The Balaban J connectivity index is 2.14. The van der Waals surface area contributed by atoms with E-state index in [1.54, 1.807) is 17.6 Å². The van der Waals surface area contributed by atoms with Crippen molar-refractivity contribution in [3.8, 4) is 0 Å². The molecule has 0 spiro atoms. The van der Waals surface area contributed by atoms with Crippen molar-refractivity contribution in [2.45, 2.75) is 13.8 Å². The monoisotopic (exact) mass is 128 g/mol. The lowest BCUT2D eigenvalue weighted by Gasteiger charge is -2.15. The van der Waals surface area contributed by atoms with Gasteiger partial charge in [-0.3, -0.25) is 5.43 Å². The highest BCUT2D eigenvalue weighted by atomic mass is 16.7. The first-order chi connectivity index (χ1) is 4.29. The van der Waals surface area contributed by atoms with E-state index in [9.17, 15) is 0 Å². The Hall–Kier alpha value is -0.700. The SMILES string of the molecule is CC(C)CN1NC=CO1.